The van der Waals surface area contributed by atoms with Crippen molar-refractivity contribution >= 4 is 57.9 Å². The summed E-state index contributed by atoms with van der Waals surface area (Å²) in [5.41, 5.74) is 7.71. The fraction of sp³-hybridized carbons (Fsp3) is 0.292. The number of benzene rings is 1. The molecule has 37 heavy (non-hydrogen) atoms. The highest BCUT2D eigenvalue weighted by atomic mass is 35.5. The van der Waals surface area contributed by atoms with Gasteiger partial charge in [0.2, 0.25) is 5.91 Å². The summed E-state index contributed by atoms with van der Waals surface area (Å²) < 4.78 is 0. The van der Waals surface area contributed by atoms with Crippen molar-refractivity contribution in [1.29, 1.82) is 0 Å². The van der Waals surface area contributed by atoms with Gasteiger partial charge < -0.3 is 20.9 Å². The van der Waals surface area contributed by atoms with Crippen LogP contribution in [-0.2, 0) is 4.79 Å². The predicted octanol–water partition coefficient (Wildman–Crippen LogP) is 3.44. The number of nitrogens with two attached hydrogens (primary N) is 1. The van der Waals surface area contributed by atoms with Crippen molar-refractivity contribution in [2.24, 2.45) is 0 Å². The zero-order chi connectivity index (χ0) is 26.7. The van der Waals surface area contributed by atoms with E-state index in [9.17, 15) is 4.79 Å². The Labute approximate surface area is 224 Å². The fourth-order valence-electron chi connectivity index (χ4n) is 4.00. The average Bonchev–Trinajstić information content (AvgIpc) is 2.84. The highest BCUT2D eigenvalue weighted by molar-refractivity contribution is 6.36. The monoisotopic (exact) mass is 546 g/mol. The minimum Gasteiger partial charge on any atom is -0.382 e. The van der Waals surface area contributed by atoms with E-state index in [4.69, 9.17) is 44.3 Å². The third kappa shape index (κ3) is 6.14. The van der Waals surface area contributed by atoms with Crippen LogP contribution in [0.2, 0.25) is 10.0 Å². The summed E-state index contributed by atoms with van der Waals surface area (Å²) in [6.45, 7) is 2.69. The number of pyridine rings is 2. The zero-order valence-corrected chi connectivity index (χ0v) is 21.9. The molecule has 13 heteroatoms. The van der Waals surface area contributed by atoms with Crippen LogP contribution in [0, 0.1) is 0 Å². The molecule has 5 N–H and O–H groups in total. The molecule has 0 radical (unpaired) electrons. The average molecular weight is 547 g/mol. The van der Waals surface area contributed by atoms with E-state index in [1.807, 2.05) is 42.1 Å². The summed E-state index contributed by atoms with van der Waals surface area (Å²) in [5, 5.41) is 22.3. The van der Waals surface area contributed by atoms with Gasteiger partial charge in [-0.05, 0) is 49.5 Å². The third-order valence-electron chi connectivity index (χ3n) is 6.01. The van der Waals surface area contributed by atoms with Gasteiger partial charge >= 0.3 is 0 Å². The van der Waals surface area contributed by atoms with Gasteiger partial charge in [-0.1, -0.05) is 23.2 Å². The fourth-order valence-corrected chi connectivity index (χ4v) is 4.50. The number of aromatic nitrogens is 2. The van der Waals surface area contributed by atoms with Crippen molar-refractivity contribution < 1.29 is 15.2 Å². The van der Waals surface area contributed by atoms with Crippen LogP contribution < -0.4 is 26.1 Å². The molecule has 4 rings (SSSR count). The molecule has 3 aromatic rings. The summed E-state index contributed by atoms with van der Waals surface area (Å²) in [6, 6.07) is 12.0. The normalized spacial score (nSPS) is 14.1. The summed E-state index contributed by atoms with van der Waals surface area (Å²) in [5.74, 6) is 1.15. The first-order valence-electron chi connectivity index (χ1n) is 11.5. The number of rotatable bonds is 8. The van der Waals surface area contributed by atoms with Crippen LogP contribution in [0.25, 0.3) is 11.3 Å². The molecule has 1 fully saturated rings. The van der Waals surface area contributed by atoms with Gasteiger partial charge in [0.05, 0.1) is 22.9 Å². The lowest BCUT2D eigenvalue weighted by Crippen LogP contribution is -2.49. The first-order chi connectivity index (χ1) is 17.6. The number of amides is 1. The predicted molar refractivity (Wildman–Crippen MR) is 146 cm³/mol. The second kappa shape index (κ2) is 11.4. The third-order valence-corrected chi connectivity index (χ3v) is 6.56. The van der Waals surface area contributed by atoms with Crippen molar-refractivity contribution in [3.05, 3.63) is 52.5 Å². The number of nitrogens with one attached hydrogen (secondary N) is 1. The van der Waals surface area contributed by atoms with Crippen LogP contribution in [0.3, 0.4) is 0 Å². The number of carbonyl (C=O) groups excluding carboxylic acids is 1. The Hall–Kier alpha value is -3.35. The highest BCUT2D eigenvalue weighted by Crippen LogP contribution is 2.37. The standard InChI is InChI=1S/C24H28Cl2N8O3/c1-31-11-12-33(22(35)14-31)18-6-8-21(30-23(18)16-4-3-15(25)13-17(16)26)32(2)10-9-28-20-7-5-19(34(36)37)24(27)29-20/h3-8,13,36-37H,9-12,14H2,1-2H3,(H3,27,28,29). The maximum absolute atomic E-state index is 12.8. The Morgan fingerprint density at radius 3 is 2.57 bits per heavy atom. The molecule has 0 unspecified atom stereocenters. The lowest BCUT2D eigenvalue weighted by Gasteiger charge is -2.33. The van der Waals surface area contributed by atoms with E-state index in [-0.39, 0.29) is 22.6 Å². The Kier molecular flexibility index (Phi) is 8.20. The van der Waals surface area contributed by atoms with Gasteiger partial charge in [-0.3, -0.25) is 20.1 Å². The van der Waals surface area contributed by atoms with Gasteiger partial charge in [0.25, 0.3) is 0 Å². The van der Waals surface area contributed by atoms with Crippen molar-refractivity contribution in [3.63, 3.8) is 0 Å². The molecule has 0 spiro atoms. The molecule has 11 nitrogen and oxygen atoms in total. The number of likely N-dealkylation sites (N-methyl/N-ethyl adjacent to an activating group) is 2. The zero-order valence-electron chi connectivity index (χ0n) is 20.4. The van der Waals surface area contributed by atoms with Crippen LogP contribution in [0.4, 0.5) is 28.8 Å². The van der Waals surface area contributed by atoms with Crippen LogP contribution in [0.5, 0.6) is 0 Å². The molecule has 1 aliphatic rings. The lowest BCUT2D eigenvalue weighted by atomic mass is 10.1. The number of piperazine rings is 1. The molecule has 1 saturated heterocycles. The maximum Gasteiger partial charge on any atom is 0.241 e. The highest BCUT2D eigenvalue weighted by Gasteiger charge is 2.27. The van der Waals surface area contributed by atoms with Crippen molar-refractivity contribution in [2.45, 2.75) is 0 Å². The van der Waals surface area contributed by atoms with Crippen LogP contribution in [0.1, 0.15) is 0 Å². The number of nitrogens with zero attached hydrogens (tertiary/aromatic N) is 6. The molecule has 1 amide bonds. The lowest BCUT2D eigenvalue weighted by molar-refractivity contribution is -0.120. The molecular weight excluding hydrogens is 519 g/mol. The molecule has 0 atom stereocenters. The second-order valence-electron chi connectivity index (χ2n) is 8.68. The van der Waals surface area contributed by atoms with E-state index in [1.165, 1.54) is 6.07 Å². The Bertz CT molecular complexity index is 1290. The number of hydrogen-bond acceptors (Lipinski definition) is 10. The largest absolute Gasteiger partial charge is 0.382 e. The van der Waals surface area contributed by atoms with Crippen molar-refractivity contribution in [1.82, 2.24) is 14.9 Å². The summed E-state index contributed by atoms with van der Waals surface area (Å²) in [4.78, 5) is 27.5. The van der Waals surface area contributed by atoms with Crippen LogP contribution in [-0.4, -0.2) is 78.0 Å². The molecule has 0 bridgehead atoms. The van der Waals surface area contributed by atoms with E-state index in [1.54, 1.807) is 23.1 Å². The van der Waals surface area contributed by atoms with Gasteiger partial charge in [0, 0.05) is 43.8 Å². The summed E-state index contributed by atoms with van der Waals surface area (Å²) in [6.07, 6.45) is 0. The van der Waals surface area contributed by atoms with E-state index in [0.29, 0.717) is 64.8 Å². The van der Waals surface area contributed by atoms with Crippen LogP contribution in [0.15, 0.2) is 42.5 Å². The smallest absolute Gasteiger partial charge is 0.241 e. The molecule has 3 heterocycles. The van der Waals surface area contributed by atoms with E-state index in [0.717, 1.165) is 6.54 Å². The first-order valence-corrected chi connectivity index (χ1v) is 12.2. The summed E-state index contributed by atoms with van der Waals surface area (Å²) in [7, 11) is 3.82. The van der Waals surface area contributed by atoms with Gasteiger partial charge in [0.1, 0.15) is 17.3 Å². The van der Waals surface area contributed by atoms with E-state index in [2.05, 4.69) is 10.3 Å². The number of carbonyl (C=O) groups is 1. The van der Waals surface area contributed by atoms with Crippen molar-refractivity contribution in [2.75, 3.05) is 72.9 Å². The number of anilines is 5. The molecule has 2 aromatic heterocycles. The molecular formula is C24H28Cl2N8O3. The maximum atomic E-state index is 12.8. The Morgan fingerprint density at radius 2 is 1.89 bits per heavy atom. The minimum absolute atomic E-state index is 0.00417. The van der Waals surface area contributed by atoms with Gasteiger partial charge in [-0.15, -0.1) is 5.23 Å². The van der Waals surface area contributed by atoms with Gasteiger partial charge in [-0.25, -0.2) is 9.97 Å². The molecule has 1 aromatic carbocycles. The van der Waals surface area contributed by atoms with Crippen molar-refractivity contribution in [3.8, 4) is 11.3 Å². The van der Waals surface area contributed by atoms with E-state index < -0.39 is 0 Å². The molecule has 1 aliphatic heterocycles. The second-order valence-corrected chi connectivity index (χ2v) is 9.53. The molecule has 196 valence electrons. The quantitative estimate of drug-likeness (QED) is 0.311. The SMILES string of the molecule is CN1CCN(c2ccc(N(C)CCNc3ccc(N(O)O)c(N)n3)nc2-c2ccc(Cl)cc2Cl)C(=O)C1. The number of nitrogen functional groups attached to an aromatic ring is 1. The number of hydrogen-bond donors (Lipinski definition) is 4. The first kappa shape index (κ1) is 26.7. The minimum atomic E-state index is -0.0739. The van der Waals surface area contributed by atoms with Crippen LogP contribution >= 0.6 is 23.2 Å². The Morgan fingerprint density at radius 1 is 1.11 bits per heavy atom. The number of halogens is 2. The topological polar surface area (TPSA) is 134 Å². The summed E-state index contributed by atoms with van der Waals surface area (Å²) >= 11 is 12.7. The Balaban J connectivity index is 1.56. The van der Waals surface area contributed by atoms with Gasteiger partial charge in [-0.2, -0.15) is 0 Å². The molecule has 0 saturated carbocycles. The van der Waals surface area contributed by atoms with E-state index >= 15 is 0 Å². The molecule has 0 aliphatic carbocycles. The van der Waals surface area contributed by atoms with Gasteiger partial charge in [0.15, 0.2) is 5.82 Å².